The zero-order valence-corrected chi connectivity index (χ0v) is 36.0. The number of carbonyl (C=O) groups excluding carboxylic acids is 1. The first-order valence-electron chi connectivity index (χ1n) is 20.3. The number of thioether (sulfide) groups is 1. The first kappa shape index (κ1) is 42.9. The molecule has 2 saturated heterocycles. The Labute approximate surface area is 369 Å². The molecule has 8 rings (SSSR count). The average molecular weight is 893 g/mol. The van der Waals surface area contributed by atoms with Crippen molar-refractivity contribution in [2.75, 3.05) is 66.6 Å². The summed E-state index contributed by atoms with van der Waals surface area (Å²) in [6.07, 6.45) is 1.67. The Bertz CT molecular complexity index is 2650. The van der Waals surface area contributed by atoms with Crippen molar-refractivity contribution in [2.45, 2.75) is 28.8 Å². The number of esters is 1. The third-order valence-corrected chi connectivity index (χ3v) is 13.7. The normalized spacial score (nSPS) is 15.1. The van der Waals surface area contributed by atoms with Gasteiger partial charge >= 0.3 is 5.97 Å². The highest BCUT2D eigenvalue weighted by atomic mass is 35.5. The second kappa shape index (κ2) is 19.5. The van der Waals surface area contributed by atoms with E-state index in [-0.39, 0.29) is 40.9 Å². The third kappa shape index (κ3) is 10.5. The van der Waals surface area contributed by atoms with Crippen LogP contribution >= 0.6 is 23.4 Å². The van der Waals surface area contributed by atoms with Crippen LogP contribution < -0.4 is 20.3 Å². The molecule has 0 aliphatic carbocycles. The molecule has 62 heavy (non-hydrogen) atoms. The van der Waals surface area contributed by atoms with Crippen LogP contribution in [0.2, 0.25) is 5.02 Å². The lowest BCUT2D eigenvalue weighted by molar-refractivity contribution is -0.384. The predicted molar refractivity (Wildman–Crippen MR) is 244 cm³/mol. The van der Waals surface area contributed by atoms with Gasteiger partial charge in [0.15, 0.2) is 5.82 Å². The number of benzene rings is 5. The van der Waals surface area contributed by atoms with Crippen molar-refractivity contribution in [1.82, 2.24) is 20.2 Å². The van der Waals surface area contributed by atoms with E-state index in [1.165, 1.54) is 24.0 Å². The molecule has 14 nitrogen and oxygen atoms in total. The molecule has 6 aromatic rings. The molecule has 2 aliphatic heterocycles. The number of nitrogens with one attached hydrogen (secondary N) is 3. The lowest BCUT2D eigenvalue weighted by atomic mass is 9.99. The van der Waals surface area contributed by atoms with Crippen molar-refractivity contribution < 1.29 is 22.9 Å². The molecule has 1 aromatic heterocycles. The summed E-state index contributed by atoms with van der Waals surface area (Å²) < 4.78 is 35.7. The van der Waals surface area contributed by atoms with Crippen molar-refractivity contribution >= 4 is 73.1 Å². The predicted octanol–water partition coefficient (Wildman–Crippen LogP) is 7.71. The van der Waals surface area contributed by atoms with Gasteiger partial charge < -0.3 is 20.3 Å². The number of nitrogens with zero attached hydrogens (tertiary/aromatic N) is 5. The fourth-order valence-corrected chi connectivity index (χ4v) is 9.70. The van der Waals surface area contributed by atoms with Gasteiger partial charge in [0.2, 0.25) is 0 Å². The van der Waals surface area contributed by atoms with Gasteiger partial charge in [-0.3, -0.25) is 24.5 Å². The van der Waals surface area contributed by atoms with E-state index in [9.17, 15) is 23.3 Å². The first-order chi connectivity index (χ1) is 30.1. The van der Waals surface area contributed by atoms with Crippen LogP contribution in [0.3, 0.4) is 0 Å². The van der Waals surface area contributed by atoms with Crippen LogP contribution in [-0.2, 0) is 26.1 Å². The maximum atomic E-state index is 13.8. The van der Waals surface area contributed by atoms with Gasteiger partial charge in [0.25, 0.3) is 15.7 Å². The van der Waals surface area contributed by atoms with Gasteiger partial charge in [-0.25, -0.2) is 18.4 Å². The number of rotatable bonds is 17. The second-order valence-electron chi connectivity index (χ2n) is 15.2. The molecule has 2 fully saturated rings. The minimum Gasteiger partial charge on any atom is -0.465 e. The highest BCUT2D eigenvalue weighted by molar-refractivity contribution is 7.99. The van der Waals surface area contributed by atoms with Crippen molar-refractivity contribution in [2.24, 2.45) is 5.92 Å². The number of sulfonamides is 1. The van der Waals surface area contributed by atoms with Crippen LogP contribution in [0, 0.1) is 16.0 Å². The number of fused-ring (bicyclic) bond motifs is 1. The van der Waals surface area contributed by atoms with Gasteiger partial charge in [0.1, 0.15) is 12.0 Å². The molecular formula is C45H45ClN8O6S2. The number of hydrogen-bond acceptors (Lipinski definition) is 13. The Kier molecular flexibility index (Phi) is 13.5. The Morgan fingerprint density at radius 1 is 0.935 bits per heavy atom. The Morgan fingerprint density at radius 2 is 1.69 bits per heavy atom. The van der Waals surface area contributed by atoms with E-state index in [1.54, 1.807) is 17.8 Å². The Morgan fingerprint density at radius 3 is 2.42 bits per heavy atom. The third-order valence-electron chi connectivity index (χ3n) is 11.0. The molecule has 3 N–H and O–H groups in total. The molecule has 5 aromatic carbocycles. The van der Waals surface area contributed by atoms with Gasteiger partial charge in [-0.15, -0.1) is 11.8 Å². The van der Waals surface area contributed by atoms with Crippen molar-refractivity contribution in [3.8, 4) is 11.1 Å². The standard InChI is InChI=1S/C45H45ClN8O6S2/c46-34-11-14-39(31-7-3-1-4-8-31)32(23-34)28-52-18-20-53(21-19-52)36-12-15-40-42(24-36)48-30-49-44(40)51-62(58,59)38-13-16-41(43(25-38)54(56)57)50-35(29-61-37-9-5-2-6-10-37)17-22-60-45(55)33-26-47-27-33/h1-16,23-25,30,33,35,47,50H,17-22,26-29H2,(H,48,49,51)/t35-/m1/s1. The van der Waals surface area contributed by atoms with Crippen molar-refractivity contribution in [3.63, 3.8) is 0 Å². The minimum atomic E-state index is -4.33. The number of halogens is 1. The number of nitro benzene ring substituents is 1. The molecule has 0 spiro atoms. The lowest BCUT2D eigenvalue weighted by Crippen LogP contribution is -2.47. The quantitative estimate of drug-likeness (QED) is 0.0352. The van der Waals surface area contributed by atoms with Crippen LogP contribution in [0.15, 0.2) is 131 Å². The van der Waals surface area contributed by atoms with E-state index in [0.717, 1.165) is 60.5 Å². The fraction of sp³-hybridized carbons (Fsp3) is 0.267. The zero-order chi connectivity index (χ0) is 43.1. The second-order valence-corrected chi connectivity index (χ2v) is 18.4. The number of hydrogen-bond donors (Lipinski definition) is 3. The van der Waals surface area contributed by atoms with Crippen molar-refractivity contribution in [1.29, 1.82) is 0 Å². The molecule has 2 aliphatic rings. The largest absolute Gasteiger partial charge is 0.465 e. The molecule has 320 valence electrons. The van der Waals surface area contributed by atoms with E-state index in [4.69, 9.17) is 16.3 Å². The van der Waals surface area contributed by atoms with E-state index in [1.807, 2.05) is 72.8 Å². The van der Waals surface area contributed by atoms with Crippen LogP contribution in [0.4, 0.5) is 22.9 Å². The summed E-state index contributed by atoms with van der Waals surface area (Å²) in [6, 6.07) is 35.1. The maximum Gasteiger partial charge on any atom is 0.311 e. The van der Waals surface area contributed by atoms with Gasteiger partial charge in [-0.05, 0) is 71.3 Å². The topological polar surface area (TPSA) is 172 Å². The van der Waals surface area contributed by atoms with Crippen LogP contribution in [0.5, 0.6) is 0 Å². The van der Waals surface area contributed by atoms with E-state index in [2.05, 4.69) is 53.3 Å². The van der Waals surface area contributed by atoms with Gasteiger partial charge in [-0.2, -0.15) is 0 Å². The summed E-state index contributed by atoms with van der Waals surface area (Å²) in [5.41, 5.74) is 4.71. The first-order valence-corrected chi connectivity index (χ1v) is 23.1. The van der Waals surface area contributed by atoms with Crippen LogP contribution in [0.25, 0.3) is 22.0 Å². The van der Waals surface area contributed by atoms with Crippen LogP contribution in [-0.4, -0.2) is 91.8 Å². The summed E-state index contributed by atoms with van der Waals surface area (Å²) in [4.78, 5) is 38.2. The summed E-state index contributed by atoms with van der Waals surface area (Å²) in [5.74, 6) is 0.110. The minimum absolute atomic E-state index is 0.0530. The van der Waals surface area contributed by atoms with Crippen molar-refractivity contribution in [3.05, 3.63) is 142 Å². The molecule has 3 heterocycles. The summed E-state index contributed by atoms with van der Waals surface area (Å²) in [7, 11) is -4.33. The Balaban J connectivity index is 0.933. The molecule has 1 atom stereocenters. The van der Waals surface area contributed by atoms with Gasteiger partial charge in [-0.1, -0.05) is 66.2 Å². The van der Waals surface area contributed by atoms with E-state index >= 15 is 0 Å². The number of nitro groups is 1. The average Bonchev–Trinajstić information content (AvgIpc) is 3.25. The number of anilines is 3. The number of carbonyl (C=O) groups is 1. The lowest BCUT2D eigenvalue weighted by Gasteiger charge is -2.36. The molecule has 0 unspecified atom stereocenters. The molecule has 0 bridgehead atoms. The van der Waals surface area contributed by atoms with E-state index < -0.39 is 20.6 Å². The number of ether oxygens (including phenoxy) is 1. The maximum absolute atomic E-state index is 13.8. The molecular weight excluding hydrogens is 848 g/mol. The number of piperazine rings is 1. The Hall–Kier alpha value is -5.78. The van der Waals surface area contributed by atoms with Gasteiger partial charge in [0.05, 0.1) is 27.9 Å². The molecule has 0 amide bonds. The number of aromatic nitrogens is 2. The summed E-state index contributed by atoms with van der Waals surface area (Å²) in [6.45, 7) is 5.26. The molecule has 0 radical (unpaired) electrons. The van der Waals surface area contributed by atoms with Gasteiger partial charge in [0, 0.05) is 91.1 Å². The molecule has 0 saturated carbocycles. The SMILES string of the molecule is O=C(OCC[C@H](CSc1ccccc1)Nc1ccc(S(=O)(=O)Nc2ncnc3cc(N4CCN(Cc5cc(Cl)ccc5-c5ccccc5)CC4)ccc23)cc1[N+](=O)[O-])C1CNC1. The highest BCUT2D eigenvalue weighted by Gasteiger charge is 2.28. The summed E-state index contributed by atoms with van der Waals surface area (Å²) >= 11 is 7.98. The zero-order valence-electron chi connectivity index (χ0n) is 33.7. The smallest absolute Gasteiger partial charge is 0.311 e. The highest BCUT2D eigenvalue weighted by Crippen LogP contribution is 2.33. The monoisotopic (exact) mass is 892 g/mol. The fourth-order valence-electron chi connectivity index (χ4n) is 7.46. The van der Waals surface area contributed by atoms with E-state index in [0.29, 0.717) is 41.2 Å². The summed E-state index contributed by atoms with van der Waals surface area (Å²) in [5, 5.41) is 19.9. The molecule has 17 heteroatoms. The van der Waals surface area contributed by atoms with Crippen LogP contribution in [0.1, 0.15) is 12.0 Å².